The molecule has 0 saturated carbocycles. The van der Waals surface area contributed by atoms with Crippen LogP contribution in [0.2, 0.25) is 0 Å². The van der Waals surface area contributed by atoms with E-state index in [2.05, 4.69) is 20.9 Å². The van der Waals surface area contributed by atoms with E-state index in [1.807, 2.05) is 12.1 Å². The minimum atomic E-state index is -0.439. The minimum absolute atomic E-state index is 0.0687. The largest absolute Gasteiger partial charge is 0.486 e. The van der Waals surface area contributed by atoms with Gasteiger partial charge >= 0.3 is 5.97 Å². The second-order valence-electron chi connectivity index (χ2n) is 5.94. The molecule has 0 fully saturated rings. The van der Waals surface area contributed by atoms with Gasteiger partial charge in [0.15, 0.2) is 16.3 Å². The Balaban J connectivity index is 1.87. The number of hydrogen-bond acceptors (Lipinski definition) is 6. The maximum Gasteiger partial charge on any atom is 0.325 e. The summed E-state index contributed by atoms with van der Waals surface area (Å²) in [6.45, 7) is 0.865. The number of hydrogen-bond donors (Lipinski definition) is 0. The number of aromatic nitrogens is 1. The van der Waals surface area contributed by atoms with E-state index in [1.165, 1.54) is 18.4 Å². The second-order valence-corrected chi connectivity index (χ2v) is 7.86. The number of methoxy groups -OCH3 is 1. The van der Waals surface area contributed by atoms with Crippen LogP contribution in [0.25, 0.3) is 10.2 Å². The summed E-state index contributed by atoms with van der Waals surface area (Å²) in [5, 5.41) is 0. The quantitative estimate of drug-likeness (QED) is 0.558. The Morgan fingerprint density at radius 3 is 2.68 bits per heavy atom. The van der Waals surface area contributed by atoms with Crippen molar-refractivity contribution in [3.63, 3.8) is 0 Å². The van der Waals surface area contributed by atoms with Crippen molar-refractivity contribution in [3.05, 3.63) is 51.2 Å². The maximum atomic E-state index is 12.6. The van der Waals surface area contributed by atoms with Gasteiger partial charge < -0.3 is 18.8 Å². The smallest absolute Gasteiger partial charge is 0.325 e. The van der Waals surface area contributed by atoms with Gasteiger partial charge in [0.05, 0.1) is 17.3 Å². The van der Waals surface area contributed by atoms with Crippen LogP contribution in [0.5, 0.6) is 11.5 Å². The molecule has 2 aromatic carbocycles. The van der Waals surface area contributed by atoms with Gasteiger partial charge in [-0.3, -0.25) is 9.59 Å². The summed E-state index contributed by atoms with van der Waals surface area (Å²) in [4.78, 5) is 29.2. The zero-order chi connectivity index (χ0) is 19.7. The van der Waals surface area contributed by atoms with Gasteiger partial charge in [0.2, 0.25) is 0 Å². The third-order valence-electron chi connectivity index (χ3n) is 4.13. The molecule has 28 heavy (non-hydrogen) atoms. The van der Waals surface area contributed by atoms with Crippen LogP contribution < -0.4 is 14.3 Å². The van der Waals surface area contributed by atoms with Crippen LogP contribution in [0.4, 0.5) is 0 Å². The van der Waals surface area contributed by atoms with Crippen molar-refractivity contribution < 1.29 is 23.8 Å². The molecule has 0 radical (unpaired) electrons. The monoisotopic (exact) mass is 462 g/mol. The molecule has 9 heteroatoms. The first kappa shape index (κ1) is 18.7. The van der Waals surface area contributed by atoms with Gasteiger partial charge in [-0.15, -0.1) is 0 Å². The van der Waals surface area contributed by atoms with Crippen molar-refractivity contribution in [1.82, 2.24) is 4.57 Å². The van der Waals surface area contributed by atoms with Crippen LogP contribution >= 0.6 is 27.3 Å². The summed E-state index contributed by atoms with van der Waals surface area (Å²) in [6, 6.07) is 10.6. The summed E-state index contributed by atoms with van der Waals surface area (Å²) in [5.74, 6) is 0.393. The molecule has 0 N–H and O–H groups in total. The molecule has 1 aliphatic heterocycles. The van der Waals surface area contributed by atoms with Gasteiger partial charge in [0, 0.05) is 22.2 Å². The Labute approximate surface area is 172 Å². The van der Waals surface area contributed by atoms with E-state index in [4.69, 9.17) is 14.2 Å². The summed E-state index contributed by atoms with van der Waals surface area (Å²) in [7, 11) is 1.32. The minimum Gasteiger partial charge on any atom is -0.486 e. The molecule has 0 unspecified atom stereocenters. The van der Waals surface area contributed by atoms with Gasteiger partial charge in [0.1, 0.15) is 19.8 Å². The van der Waals surface area contributed by atoms with Gasteiger partial charge in [-0.05, 0) is 18.2 Å². The average Bonchev–Trinajstić information content (AvgIpc) is 3.02. The van der Waals surface area contributed by atoms with E-state index >= 15 is 0 Å². The van der Waals surface area contributed by atoms with Crippen LogP contribution in [-0.4, -0.2) is 36.8 Å². The summed E-state index contributed by atoms with van der Waals surface area (Å²) >= 11 is 4.65. The van der Waals surface area contributed by atoms with E-state index in [1.54, 1.807) is 28.8 Å². The number of fused-ring (bicyclic) bond motifs is 2. The van der Waals surface area contributed by atoms with E-state index in [0.717, 1.165) is 14.7 Å². The summed E-state index contributed by atoms with van der Waals surface area (Å²) < 4.78 is 19.3. The number of amides is 1. The van der Waals surface area contributed by atoms with Gasteiger partial charge in [-0.2, -0.15) is 4.99 Å². The fraction of sp³-hybridized carbons (Fsp3) is 0.211. The van der Waals surface area contributed by atoms with Crippen molar-refractivity contribution in [2.45, 2.75) is 6.54 Å². The molecule has 0 saturated heterocycles. The highest BCUT2D eigenvalue weighted by molar-refractivity contribution is 9.10. The third-order valence-corrected chi connectivity index (χ3v) is 5.66. The highest BCUT2D eigenvalue weighted by Crippen LogP contribution is 2.35. The molecule has 0 atom stereocenters. The third kappa shape index (κ3) is 3.67. The molecule has 7 nitrogen and oxygen atoms in total. The second kappa shape index (κ2) is 7.76. The topological polar surface area (TPSA) is 79.1 Å². The van der Waals surface area contributed by atoms with Crippen molar-refractivity contribution in [2.75, 3.05) is 20.3 Å². The highest BCUT2D eigenvalue weighted by Gasteiger charge is 2.18. The zero-order valence-corrected chi connectivity index (χ0v) is 17.2. The Morgan fingerprint density at radius 2 is 1.96 bits per heavy atom. The lowest BCUT2D eigenvalue weighted by molar-refractivity contribution is -0.141. The maximum absolute atomic E-state index is 12.6. The highest BCUT2D eigenvalue weighted by atomic mass is 79.9. The number of halogens is 1. The Morgan fingerprint density at radius 1 is 1.21 bits per heavy atom. The Bertz CT molecular complexity index is 1150. The van der Waals surface area contributed by atoms with Crippen molar-refractivity contribution >= 4 is 49.4 Å². The molecule has 2 heterocycles. The fourth-order valence-corrected chi connectivity index (χ4v) is 4.25. The molecule has 1 amide bonds. The number of nitrogens with zero attached hydrogens (tertiary/aromatic N) is 2. The molecule has 1 aromatic heterocycles. The zero-order valence-electron chi connectivity index (χ0n) is 14.8. The molecule has 3 aromatic rings. The van der Waals surface area contributed by atoms with Gasteiger partial charge in [-0.25, -0.2) is 0 Å². The van der Waals surface area contributed by atoms with Crippen LogP contribution in [0.15, 0.2) is 45.9 Å². The van der Waals surface area contributed by atoms with E-state index in [9.17, 15) is 9.59 Å². The first-order valence-corrected chi connectivity index (χ1v) is 10.0. The standard InChI is InChI=1S/C19H15BrN2O5S/c1-25-17(23)10-22-13-8-14-15(27-6-5-26-14)9-16(13)28-19(22)21-18(24)11-3-2-4-12(20)7-11/h2-4,7-9H,5-6,10H2,1H3. The Kier molecular flexibility index (Phi) is 5.19. The van der Waals surface area contributed by atoms with Crippen LogP contribution in [0, 0.1) is 0 Å². The Hall–Kier alpha value is -2.65. The number of esters is 1. The molecular weight excluding hydrogens is 448 g/mol. The van der Waals surface area contributed by atoms with Gasteiger partial charge in [-0.1, -0.05) is 33.3 Å². The predicted molar refractivity (Wildman–Crippen MR) is 107 cm³/mol. The lowest BCUT2D eigenvalue weighted by atomic mass is 10.2. The molecule has 0 aliphatic carbocycles. The SMILES string of the molecule is COC(=O)Cn1c(=NC(=O)c2cccc(Br)c2)sc2cc3c(cc21)OCCO3. The van der Waals surface area contributed by atoms with E-state index < -0.39 is 11.9 Å². The normalized spacial score (nSPS) is 13.6. The molecule has 1 aliphatic rings. The number of thiazole rings is 1. The lowest BCUT2D eigenvalue weighted by Crippen LogP contribution is -2.22. The fourth-order valence-electron chi connectivity index (χ4n) is 2.81. The first-order valence-electron chi connectivity index (χ1n) is 8.39. The molecular formula is C19H15BrN2O5S. The number of rotatable bonds is 3. The first-order chi connectivity index (χ1) is 13.5. The van der Waals surface area contributed by atoms with Crippen LogP contribution in [0.1, 0.15) is 10.4 Å². The van der Waals surface area contributed by atoms with Crippen LogP contribution in [0.3, 0.4) is 0 Å². The molecule has 0 bridgehead atoms. The predicted octanol–water partition coefficient (Wildman–Crippen LogP) is 3.15. The number of ether oxygens (including phenoxy) is 3. The van der Waals surface area contributed by atoms with Crippen LogP contribution in [-0.2, 0) is 16.1 Å². The molecule has 144 valence electrons. The number of carbonyl (C=O) groups excluding carboxylic acids is 2. The van der Waals surface area contributed by atoms with E-state index in [0.29, 0.717) is 35.1 Å². The van der Waals surface area contributed by atoms with Gasteiger partial charge in [0.25, 0.3) is 5.91 Å². The van der Waals surface area contributed by atoms with Crippen molar-refractivity contribution in [1.29, 1.82) is 0 Å². The summed E-state index contributed by atoms with van der Waals surface area (Å²) in [6.07, 6.45) is 0. The van der Waals surface area contributed by atoms with E-state index in [-0.39, 0.29) is 6.54 Å². The lowest BCUT2D eigenvalue weighted by Gasteiger charge is -2.18. The van der Waals surface area contributed by atoms with Crippen molar-refractivity contribution in [3.8, 4) is 11.5 Å². The average molecular weight is 463 g/mol. The number of carbonyl (C=O) groups is 2. The van der Waals surface area contributed by atoms with Crippen molar-refractivity contribution in [2.24, 2.45) is 4.99 Å². The summed E-state index contributed by atoms with van der Waals surface area (Å²) in [5.41, 5.74) is 1.17. The molecule has 4 rings (SSSR count). The molecule has 0 spiro atoms. The number of benzene rings is 2.